The third kappa shape index (κ3) is 3.28. The Morgan fingerprint density at radius 2 is 1.72 bits per heavy atom. The van der Waals surface area contributed by atoms with E-state index in [0.717, 1.165) is 5.56 Å². The number of anilines is 1. The summed E-state index contributed by atoms with van der Waals surface area (Å²) in [7, 11) is -3.79. The van der Waals surface area contributed by atoms with E-state index in [1.807, 2.05) is 30.3 Å². The number of sulfonamides is 1. The summed E-state index contributed by atoms with van der Waals surface area (Å²) < 4.78 is 38.4. The van der Waals surface area contributed by atoms with Crippen molar-refractivity contribution in [2.24, 2.45) is 0 Å². The van der Waals surface area contributed by atoms with Crippen LogP contribution in [0.1, 0.15) is 0 Å². The van der Waals surface area contributed by atoms with E-state index in [2.05, 4.69) is 14.9 Å². The van der Waals surface area contributed by atoms with Crippen LogP contribution in [-0.2, 0) is 10.0 Å². The van der Waals surface area contributed by atoms with Gasteiger partial charge in [-0.25, -0.2) is 8.42 Å². The molecule has 4 rings (SSSR count). The van der Waals surface area contributed by atoms with Gasteiger partial charge in [-0.2, -0.15) is 0 Å². The molecule has 0 spiro atoms. The van der Waals surface area contributed by atoms with Gasteiger partial charge in [0, 0.05) is 11.6 Å². The lowest BCUT2D eigenvalue weighted by Gasteiger charge is -2.18. The number of rotatable bonds is 4. The normalized spacial score (nSPS) is 13.4. The average Bonchev–Trinajstić information content (AvgIpc) is 3.10. The van der Waals surface area contributed by atoms with Gasteiger partial charge in [0.25, 0.3) is 10.0 Å². The first kappa shape index (κ1) is 15.9. The van der Waals surface area contributed by atoms with Crippen molar-refractivity contribution < 1.29 is 17.9 Å². The van der Waals surface area contributed by atoms with E-state index in [9.17, 15) is 8.42 Å². The third-order valence-electron chi connectivity index (χ3n) is 3.49. The highest BCUT2D eigenvalue weighted by Crippen LogP contribution is 2.33. The molecule has 128 valence electrons. The second-order valence-electron chi connectivity index (χ2n) is 5.19. The third-order valence-corrected chi connectivity index (χ3v) is 5.84. The monoisotopic (exact) mass is 375 g/mol. The molecule has 7 nitrogen and oxygen atoms in total. The number of hydrogen-bond donors (Lipinski definition) is 1. The largest absolute Gasteiger partial charge is 0.486 e. The molecule has 0 saturated carbocycles. The zero-order valence-corrected chi connectivity index (χ0v) is 14.5. The van der Waals surface area contributed by atoms with Crippen LogP contribution in [-0.4, -0.2) is 31.8 Å². The standard InChI is InChI=1S/C16H13N3O4S2/c20-25(21,12-6-7-13-14(10-12)23-9-8-22-13)19-16-18-17-15(24-16)11-4-2-1-3-5-11/h1-7,10H,8-9H2,(H,18,19). The molecule has 0 bridgehead atoms. The van der Waals surface area contributed by atoms with E-state index in [0.29, 0.717) is 29.7 Å². The quantitative estimate of drug-likeness (QED) is 0.754. The van der Waals surface area contributed by atoms with Crippen LogP contribution in [0.15, 0.2) is 53.4 Å². The molecular weight excluding hydrogens is 362 g/mol. The maximum atomic E-state index is 12.6. The predicted octanol–water partition coefficient (Wildman–Crippen LogP) is 2.78. The van der Waals surface area contributed by atoms with Crippen LogP contribution in [0.3, 0.4) is 0 Å². The summed E-state index contributed by atoms with van der Waals surface area (Å²) in [5.74, 6) is 0.948. The molecule has 0 fully saturated rings. The van der Waals surface area contributed by atoms with Gasteiger partial charge in [0.05, 0.1) is 4.90 Å². The zero-order valence-electron chi connectivity index (χ0n) is 12.9. The Morgan fingerprint density at radius 1 is 0.960 bits per heavy atom. The van der Waals surface area contributed by atoms with E-state index in [1.54, 1.807) is 6.07 Å². The van der Waals surface area contributed by atoms with Gasteiger partial charge in [-0.15, -0.1) is 10.2 Å². The minimum absolute atomic E-state index is 0.0770. The van der Waals surface area contributed by atoms with Gasteiger partial charge in [-0.3, -0.25) is 4.72 Å². The molecule has 0 radical (unpaired) electrons. The fourth-order valence-corrected chi connectivity index (χ4v) is 4.32. The first-order valence-electron chi connectivity index (χ1n) is 7.43. The van der Waals surface area contributed by atoms with Gasteiger partial charge in [-0.1, -0.05) is 41.7 Å². The van der Waals surface area contributed by atoms with Crippen molar-refractivity contribution in [3.05, 3.63) is 48.5 Å². The number of nitrogens with one attached hydrogen (secondary N) is 1. The predicted molar refractivity (Wildman–Crippen MR) is 93.6 cm³/mol. The lowest BCUT2D eigenvalue weighted by atomic mass is 10.2. The summed E-state index contributed by atoms with van der Waals surface area (Å²) in [5, 5.41) is 8.79. The molecule has 3 aromatic rings. The molecule has 1 N–H and O–H groups in total. The van der Waals surface area contributed by atoms with Crippen molar-refractivity contribution in [1.82, 2.24) is 10.2 Å². The van der Waals surface area contributed by atoms with E-state index in [4.69, 9.17) is 9.47 Å². The number of aromatic nitrogens is 2. The Morgan fingerprint density at radius 3 is 2.52 bits per heavy atom. The molecule has 9 heteroatoms. The van der Waals surface area contributed by atoms with Crippen LogP contribution in [0.25, 0.3) is 10.6 Å². The maximum Gasteiger partial charge on any atom is 0.263 e. The Hall–Kier alpha value is -2.65. The molecule has 0 aliphatic carbocycles. The van der Waals surface area contributed by atoms with E-state index in [1.165, 1.54) is 23.5 Å². The number of benzene rings is 2. The molecule has 0 amide bonds. The number of fused-ring (bicyclic) bond motifs is 1. The molecule has 2 heterocycles. The Kier molecular flexibility index (Phi) is 4.02. The van der Waals surface area contributed by atoms with Gasteiger partial charge < -0.3 is 9.47 Å². The van der Waals surface area contributed by atoms with Crippen LogP contribution in [0.4, 0.5) is 5.13 Å². The fraction of sp³-hybridized carbons (Fsp3) is 0.125. The zero-order chi connectivity index (χ0) is 17.3. The van der Waals surface area contributed by atoms with Crippen molar-refractivity contribution in [3.8, 4) is 22.1 Å². The fourth-order valence-electron chi connectivity index (χ4n) is 2.33. The minimum atomic E-state index is -3.79. The molecule has 1 aliphatic rings. The maximum absolute atomic E-state index is 12.6. The molecule has 1 aromatic heterocycles. The molecule has 2 aromatic carbocycles. The van der Waals surface area contributed by atoms with Crippen LogP contribution in [0, 0.1) is 0 Å². The SMILES string of the molecule is O=S(=O)(Nc1nnc(-c2ccccc2)s1)c1ccc2c(c1)OCCO2. The Balaban J connectivity index is 1.59. The highest BCUT2D eigenvalue weighted by Gasteiger charge is 2.21. The van der Waals surface area contributed by atoms with Crippen molar-refractivity contribution in [2.75, 3.05) is 17.9 Å². The molecular formula is C16H13N3O4S2. The number of nitrogens with zero attached hydrogens (tertiary/aromatic N) is 2. The van der Waals surface area contributed by atoms with Crippen LogP contribution in [0.5, 0.6) is 11.5 Å². The van der Waals surface area contributed by atoms with Crippen molar-refractivity contribution in [2.45, 2.75) is 4.90 Å². The smallest absolute Gasteiger partial charge is 0.263 e. The molecule has 1 aliphatic heterocycles. The summed E-state index contributed by atoms with van der Waals surface area (Å²) in [4.78, 5) is 0.0770. The average molecular weight is 375 g/mol. The first-order chi connectivity index (χ1) is 12.1. The number of ether oxygens (including phenoxy) is 2. The molecule has 0 atom stereocenters. The van der Waals surface area contributed by atoms with Crippen LogP contribution >= 0.6 is 11.3 Å². The van der Waals surface area contributed by atoms with Gasteiger partial charge in [-0.05, 0) is 12.1 Å². The highest BCUT2D eigenvalue weighted by molar-refractivity contribution is 7.93. The van der Waals surface area contributed by atoms with Crippen LogP contribution in [0.2, 0.25) is 0 Å². The second-order valence-corrected chi connectivity index (χ2v) is 7.85. The Labute approximate surface area is 148 Å². The first-order valence-corrected chi connectivity index (χ1v) is 9.73. The second kappa shape index (κ2) is 6.34. The summed E-state index contributed by atoms with van der Waals surface area (Å²) in [6, 6.07) is 13.9. The molecule has 0 unspecified atom stereocenters. The van der Waals surface area contributed by atoms with Gasteiger partial charge in [0.1, 0.15) is 18.2 Å². The number of hydrogen-bond acceptors (Lipinski definition) is 7. The summed E-state index contributed by atoms with van der Waals surface area (Å²) >= 11 is 1.17. The minimum Gasteiger partial charge on any atom is -0.486 e. The van der Waals surface area contributed by atoms with Gasteiger partial charge in [0.15, 0.2) is 11.5 Å². The molecule has 0 saturated heterocycles. The van der Waals surface area contributed by atoms with Crippen LogP contribution < -0.4 is 14.2 Å². The lowest BCUT2D eigenvalue weighted by molar-refractivity contribution is 0.171. The highest BCUT2D eigenvalue weighted by atomic mass is 32.2. The van der Waals surface area contributed by atoms with E-state index >= 15 is 0 Å². The van der Waals surface area contributed by atoms with Gasteiger partial charge >= 0.3 is 0 Å². The van der Waals surface area contributed by atoms with Crippen molar-refractivity contribution >= 4 is 26.5 Å². The van der Waals surface area contributed by atoms with Crippen molar-refractivity contribution in [3.63, 3.8) is 0 Å². The van der Waals surface area contributed by atoms with E-state index < -0.39 is 10.0 Å². The summed E-state index contributed by atoms with van der Waals surface area (Å²) in [6.45, 7) is 0.838. The lowest BCUT2D eigenvalue weighted by Crippen LogP contribution is -2.17. The summed E-state index contributed by atoms with van der Waals surface area (Å²) in [6.07, 6.45) is 0. The Bertz CT molecular complexity index is 1000. The topological polar surface area (TPSA) is 90.4 Å². The van der Waals surface area contributed by atoms with E-state index in [-0.39, 0.29) is 10.0 Å². The van der Waals surface area contributed by atoms with Crippen molar-refractivity contribution in [1.29, 1.82) is 0 Å². The summed E-state index contributed by atoms with van der Waals surface area (Å²) in [5.41, 5.74) is 0.879. The molecule has 25 heavy (non-hydrogen) atoms. The van der Waals surface area contributed by atoms with Gasteiger partial charge in [0.2, 0.25) is 5.13 Å².